The van der Waals surface area contributed by atoms with E-state index in [9.17, 15) is 4.79 Å². The van der Waals surface area contributed by atoms with Crippen LogP contribution < -0.4 is 20.3 Å². The first-order chi connectivity index (χ1) is 17.2. The van der Waals surface area contributed by atoms with Crippen LogP contribution in [0.15, 0.2) is 60.8 Å². The lowest BCUT2D eigenvalue weighted by Crippen LogP contribution is -2.31. The van der Waals surface area contributed by atoms with Gasteiger partial charge in [-0.15, -0.1) is 11.3 Å². The van der Waals surface area contributed by atoms with Gasteiger partial charge in [-0.3, -0.25) is 9.80 Å². The summed E-state index contributed by atoms with van der Waals surface area (Å²) in [6.45, 7) is 7.62. The lowest BCUT2D eigenvalue weighted by atomic mass is 9.98. The van der Waals surface area contributed by atoms with E-state index in [4.69, 9.17) is 15.5 Å². The lowest BCUT2D eigenvalue weighted by molar-refractivity contribution is 0.256. The summed E-state index contributed by atoms with van der Waals surface area (Å²) in [5.74, 6) is 0.967. The van der Waals surface area contributed by atoms with Crippen molar-refractivity contribution < 1.29 is 9.53 Å². The predicted molar refractivity (Wildman–Crippen MR) is 145 cm³/mol. The number of thiazole rings is 1. The van der Waals surface area contributed by atoms with Crippen molar-refractivity contribution in [1.29, 1.82) is 0 Å². The monoisotopic (exact) mass is 500 g/mol. The van der Waals surface area contributed by atoms with Gasteiger partial charge in [-0.05, 0) is 48.0 Å². The van der Waals surface area contributed by atoms with Crippen LogP contribution >= 0.6 is 11.3 Å². The highest BCUT2D eigenvalue weighted by atomic mass is 32.1. The number of carbonyl (C=O) groups excluding carboxylic acids is 1. The second kappa shape index (κ2) is 9.23. The first-order valence-electron chi connectivity index (χ1n) is 11.7. The van der Waals surface area contributed by atoms with Gasteiger partial charge in [0.25, 0.3) is 0 Å². The summed E-state index contributed by atoms with van der Waals surface area (Å²) in [5.41, 5.74) is 9.86. The summed E-state index contributed by atoms with van der Waals surface area (Å²) in [4.78, 5) is 31.3. The molecule has 0 unspecified atom stereocenters. The van der Waals surface area contributed by atoms with Crippen molar-refractivity contribution in [1.82, 2.24) is 15.0 Å². The molecule has 1 fully saturated rings. The Bertz CT molecular complexity index is 1410. The number of carbonyl (C=O) groups is 1. The number of ether oxygens (including phenoxy) is 1. The predicted octanol–water partition coefficient (Wildman–Crippen LogP) is 5.60. The maximum Gasteiger partial charge on any atom is 0.329 e. The largest absolute Gasteiger partial charge is 0.497 e. The van der Waals surface area contributed by atoms with E-state index in [1.165, 1.54) is 0 Å². The summed E-state index contributed by atoms with van der Waals surface area (Å²) < 4.78 is 5.24. The second-order valence-corrected chi connectivity index (χ2v) is 10.6. The van der Waals surface area contributed by atoms with Crippen LogP contribution in [0.25, 0.3) is 21.8 Å². The molecule has 184 valence electrons. The summed E-state index contributed by atoms with van der Waals surface area (Å²) in [7, 11) is 1.63. The van der Waals surface area contributed by atoms with E-state index in [0.717, 1.165) is 38.3 Å². The highest BCUT2D eigenvalue weighted by Crippen LogP contribution is 2.41. The van der Waals surface area contributed by atoms with E-state index in [1.54, 1.807) is 29.5 Å². The molecule has 4 aromatic rings. The van der Waals surface area contributed by atoms with Gasteiger partial charge in [0.05, 0.1) is 22.7 Å². The van der Waals surface area contributed by atoms with Crippen LogP contribution in [-0.4, -0.2) is 41.2 Å². The number of aromatic nitrogens is 3. The Kier molecular flexibility index (Phi) is 6.09. The molecule has 36 heavy (non-hydrogen) atoms. The van der Waals surface area contributed by atoms with Crippen LogP contribution in [0.4, 0.5) is 22.1 Å². The van der Waals surface area contributed by atoms with E-state index in [1.807, 2.05) is 59.5 Å². The Morgan fingerprint density at radius 2 is 1.69 bits per heavy atom. The Hall–Kier alpha value is -3.98. The van der Waals surface area contributed by atoms with Gasteiger partial charge in [0.1, 0.15) is 11.4 Å². The van der Waals surface area contributed by atoms with E-state index in [0.29, 0.717) is 18.8 Å². The molecule has 1 saturated heterocycles. The highest BCUT2D eigenvalue weighted by molar-refractivity contribution is 7.15. The first kappa shape index (κ1) is 23.7. The number of amides is 2. The third kappa shape index (κ3) is 4.49. The number of rotatable bonds is 5. The third-order valence-corrected chi connectivity index (χ3v) is 7.53. The summed E-state index contributed by atoms with van der Waals surface area (Å²) >= 11 is 1.64. The summed E-state index contributed by atoms with van der Waals surface area (Å²) in [5, 5.41) is 0.998. The molecular weight excluding hydrogens is 472 g/mol. The Morgan fingerprint density at radius 3 is 2.36 bits per heavy atom. The molecule has 0 atom stereocenters. The normalized spacial score (nSPS) is 13.9. The minimum Gasteiger partial charge on any atom is -0.497 e. The molecule has 0 spiro atoms. The van der Waals surface area contributed by atoms with Crippen LogP contribution in [0.1, 0.15) is 25.8 Å². The number of benzene rings is 2. The van der Waals surface area contributed by atoms with Gasteiger partial charge in [0.2, 0.25) is 5.95 Å². The van der Waals surface area contributed by atoms with Gasteiger partial charge in [-0.2, -0.15) is 0 Å². The van der Waals surface area contributed by atoms with E-state index < -0.39 is 0 Å². The maximum atomic E-state index is 13.4. The molecule has 5 rings (SSSR count). The molecule has 2 aromatic carbocycles. The minimum absolute atomic E-state index is 0.0548. The van der Waals surface area contributed by atoms with Gasteiger partial charge >= 0.3 is 6.03 Å². The number of nitrogens with two attached hydrogens (primary N) is 1. The Balaban J connectivity index is 1.50. The number of anilines is 3. The van der Waals surface area contributed by atoms with E-state index in [-0.39, 0.29) is 17.4 Å². The number of nitrogens with zero attached hydrogens (tertiary/aromatic N) is 5. The number of nitrogen functional groups attached to an aromatic ring is 1. The minimum atomic E-state index is -0.127. The van der Waals surface area contributed by atoms with Crippen LogP contribution in [0.3, 0.4) is 0 Å². The average molecular weight is 501 g/mol. The van der Waals surface area contributed by atoms with Gasteiger partial charge in [-0.25, -0.2) is 19.7 Å². The fourth-order valence-corrected chi connectivity index (χ4v) is 5.24. The molecule has 2 amide bonds. The fourth-order valence-electron chi connectivity index (χ4n) is 4.11. The van der Waals surface area contributed by atoms with Crippen molar-refractivity contribution in [3.63, 3.8) is 0 Å². The van der Waals surface area contributed by atoms with Crippen LogP contribution in [0.5, 0.6) is 5.75 Å². The van der Waals surface area contributed by atoms with Crippen LogP contribution in [-0.2, 0) is 5.41 Å². The molecule has 0 radical (unpaired) electrons. The first-order valence-corrected chi connectivity index (χ1v) is 12.5. The SMILES string of the molecule is COc1ccc(N2CCN(c3cccc(-c4sc(C(C)(C)C)nc4-c4ccnc(N)n4)c3)C2=O)cc1. The number of hydrogen-bond donors (Lipinski definition) is 1. The molecule has 9 heteroatoms. The van der Waals surface area contributed by atoms with Crippen LogP contribution in [0, 0.1) is 0 Å². The molecule has 2 aromatic heterocycles. The number of hydrogen-bond acceptors (Lipinski definition) is 7. The molecule has 2 N–H and O–H groups in total. The van der Waals surface area contributed by atoms with Crippen LogP contribution in [0.2, 0.25) is 0 Å². The average Bonchev–Trinajstić information content (AvgIpc) is 3.49. The lowest BCUT2D eigenvalue weighted by Gasteiger charge is -2.19. The summed E-state index contributed by atoms with van der Waals surface area (Å²) in [6.07, 6.45) is 1.64. The van der Waals surface area contributed by atoms with Gasteiger partial charge in [0.15, 0.2) is 0 Å². The number of methoxy groups -OCH3 is 1. The van der Waals surface area contributed by atoms with Crippen molar-refractivity contribution in [3.8, 4) is 27.6 Å². The van der Waals surface area contributed by atoms with E-state index in [2.05, 4.69) is 30.7 Å². The number of urea groups is 1. The Labute approximate surface area is 214 Å². The Morgan fingerprint density at radius 1 is 0.972 bits per heavy atom. The molecule has 1 aliphatic heterocycles. The van der Waals surface area contributed by atoms with Gasteiger partial charge in [0, 0.05) is 36.1 Å². The second-order valence-electron chi connectivity index (χ2n) is 9.58. The quantitative estimate of drug-likeness (QED) is 0.383. The summed E-state index contributed by atoms with van der Waals surface area (Å²) in [6, 6.07) is 17.3. The van der Waals surface area contributed by atoms with Gasteiger partial charge < -0.3 is 10.5 Å². The molecule has 0 aliphatic carbocycles. The molecule has 3 heterocycles. The highest BCUT2D eigenvalue weighted by Gasteiger charge is 2.31. The van der Waals surface area contributed by atoms with Crippen molar-refractivity contribution in [2.24, 2.45) is 0 Å². The van der Waals surface area contributed by atoms with Crippen molar-refractivity contribution >= 4 is 34.7 Å². The molecule has 8 nitrogen and oxygen atoms in total. The standard InChI is InChI=1S/C27H28N6O2S/c1-27(2,3)24-31-22(21-12-13-29-25(28)30-21)23(36-24)17-6-5-7-19(16-17)33-15-14-32(26(33)34)18-8-10-20(35-4)11-9-18/h5-13,16H,14-15H2,1-4H3,(H2,28,29,30). The fraction of sp³-hybridized carbons (Fsp3) is 0.259. The molecule has 1 aliphatic rings. The van der Waals surface area contributed by atoms with Gasteiger partial charge in [-0.1, -0.05) is 32.9 Å². The van der Waals surface area contributed by atoms with Crippen molar-refractivity contribution in [2.45, 2.75) is 26.2 Å². The third-order valence-electron chi connectivity index (χ3n) is 6.00. The maximum absolute atomic E-state index is 13.4. The molecule has 0 saturated carbocycles. The zero-order valence-electron chi connectivity index (χ0n) is 20.7. The zero-order chi connectivity index (χ0) is 25.4. The molecular formula is C27H28N6O2S. The zero-order valence-corrected chi connectivity index (χ0v) is 21.5. The van der Waals surface area contributed by atoms with Crippen molar-refractivity contribution in [3.05, 3.63) is 65.8 Å². The van der Waals surface area contributed by atoms with E-state index >= 15 is 0 Å². The topological polar surface area (TPSA) is 97.5 Å². The molecule has 0 bridgehead atoms. The smallest absolute Gasteiger partial charge is 0.329 e. The van der Waals surface area contributed by atoms with Crippen molar-refractivity contribution in [2.75, 3.05) is 35.7 Å².